The zero-order chi connectivity index (χ0) is 11.6. The highest BCUT2D eigenvalue weighted by atomic mass is 79.9. The summed E-state index contributed by atoms with van der Waals surface area (Å²) in [6, 6.07) is 1.76. The number of ketones is 1. The number of thiophene rings is 1. The first kappa shape index (κ1) is 13.5. The number of carbonyl (C=O) groups is 1. The molecule has 0 bridgehead atoms. The first-order valence-corrected chi connectivity index (χ1v) is 8.05. The molecule has 0 radical (unpaired) electrons. The lowest BCUT2D eigenvalue weighted by Crippen LogP contribution is -2.17. The topological polar surface area (TPSA) is 34.1 Å². The molecule has 0 saturated carbocycles. The van der Waals surface area contributed by atoms with Crippen LogP contribution in [0.25, 0.3) is 0 Å². The van der Waals surface area contributed by atoms with Gasteiger partial charge < -0.3 is 0 Å². The van der Waals surface area contributed by atoms with Crippen LogP contribution in [0.15, 0.2) is 13.6 Å². The predicted octanol–water partition coefficient (Wildman–Crippen LogP) is 3.61. The molecule has 84 valence electrons. The van der Waals surface area contributed by atoms with Gasteiger partial charge in [0.1, 0.15) is 0 Å². The normalized spacial score (nSPS) is 13.1. The molecule has 0 aliphatic carbocycles. The molecule has 0 fully saturated rings. The smallest absolute Gasteiger partial charge is 0.177 e. The fraction of sp³-hybridized carbons (Fsp3) is 0.444. The SMILES string of the molecule is CC(C)S(=O)CC(=O)c1cc(Br)sc1Br. The molecule has 0 N–H and O–H groups in total. The van der Waals surface area contributed by atoms with Gasteiger partial charge in [0.05, 0.1) is 13.3 Å². The van der Waals surface area contributed by atoms with Crippen molar-refractivity contribution in [3.63, 3.8) is 0 Å². The monoisotopic (exact) mass is 372 g/mol. The van der Waals surface area contributed by atoms with Gasteiger partial charge in [-0.05, 0) is 37.9 Å². The van der Waals surface area contributed by atoms with E-state index in [1.165, 1.54) is 11.3 Å². The highest BCUT2D eigenvalue weighted by molar-refractivity contribution is 9.12. The fourth-order valence-electron chi connectivity index (χ4n) is 0.904. The quantitative estimate of drug-likeness (QED) is 0.755. The highest BCUT2D eigenvalue weighted by Gasteiger charge is 2.17. The van der Waals surface area contributed by atoms with Crippen molar-refractivity contribution in [2.45, 2.75) is 19.1 Å². The van der Waals surface area contributed by atoms with Crippen molar-refractivity contribution in [2.24, 2.45) is 0 Å². The van der Waals surface area contributed by atoms with Crippen molar-refractivity contribution in [3.05, 3.63) is 19.2 Å². The van der Waals surface area contributed by atoms with Crippen molar-refractivity contribution in [1.82, 2.24) is 0 Å². The Morgan fingerprint density at radius 2 is 2.13 bits per heavy atom. The van der Waals surface area contributed by atoms with E-state index in [0.29, 0.717) is 5.56 Å². The molecule has 6 heteroatoms. The Balaban J connectivity index is 2.78. The molecule has 0 aromatic carbocycles. The Bertz CT molecular complexity index is 399. The maximum atomic E-state index is 11.8. The van der Waals surface area contributed by atoms with E-state index in [4.69, 9.17) is 0 Å². The first-order valence-electron chi connectivity index (χ1n) is 4.27. The molecule has 0 saturated heterocycles. The van der Waals surface area contributed by atoms with Gasteiger partial charge in [0.15, 0.2) is 5.78 Å². The molecule has 0 aliphatic rings. The van der Waals surface area contributed by atoms with E-state index in [1.807, 2.05) is 13.8 Å². The predicted molar refractivity (Wildman–Crippen MR) is 72.2 cm³/mol. The first-order chi connectivity index (χ1) is 6.91. The zero-order valence-corrected chi connectivity index (χ0v) is 13.1. The number of hydrogen-bond acceptors (Lipinski definition) is 3. The number of carbonyl (C=O) groups excluding carboxylic acids is 1. The summed E-state index contributed by atoms with van der Waals surface area (Å²) in [6.45, 7) is 3.70. The number of hydrogen-bond donors (Lipinski definition) is 0. The van der Waals surface area contributed by atoms with E-state index in [-0.39, 0.29) is 16.8 Å². The Kier molecular flexibility index (Phi) is 5.15. The summed E-state index contributed by atoms with van der Waals surface area (Å²) in [4.78, 5) is 11.8. The summed E-state index contributed by atoms with van der Waals surface area (Å²) in [6.07, 6.45) is 0. The van der Waals surface area contributed by atoms with E-state index < -0.39 is 10.8 Å². The van der Waals surface area contributed by atoms with Crippen LogP contribution in [-0.4, -0.2) is 21.0 Å². The van der Waals surface area contributed by atoms with Crippen LogP contribution < -0.4 is 0 Å². The molecule has 1 atom stereocenters. The number of rotatable bonds is 4. The van der Waals surface area contributed by atoms with E-state index in [9.17, 15) is 9.00 Å². The van der Waals surface area contributed by atoms with Gasteiger partial charge >= 0.3 is 0 Å². The Labute approximate surface area is 112 Å². The van der Waals surface area contributed by atoms with Crippen LogP contribution in [0.3, 0.4) is 0 Å². The summed E-state index contributed by atoms with van der Waals surface area (Å²) in [5.41, 5.74) is 0.612. The molecular weight excluding hydrogens is 364 g/mol. The highest BCUT2D eigenvalue weighted by Crippen LogP contribution is 2.32. The van der Waals surface area contributed by atoms with Gasteiger partial charge in [-0.25, -0.2) is 0 Å². The maximum Gasteiger partial charge on any atom is 0.177 e. The molecule has 15 heavy (non-hydrogen) atoms. The lowest BCUT2D eigenvalue weighted by molar-refractivity contribution is 0.102. The molecule has 0 aliphatic heterocycles. The third-order valence-electron chi connectivity index (χ3n) is 1.76. The summed E-state index contributed by atoms with van der Waals surface area (Å²) < 4.78 is 13.2. The van der Waals surface area contributed by atoms with Crippen molar-refractivity contribution >= 4 is 59.8 Å². The van der Waals surface area contributed by atoms with Gasteiger partial charge in [0, 0.05) is 21.6 Å². The molecular formula is C9H10Br2O2S2. The minimum Gasteiger partial charge on any atom is -0.293 e. The van der Waals surface area contributed by atoms with Gasteiger partial charge in [-0.15, -0.1) is 11.3 Å². The average Bonchev–Trinajstić information content (AvgIpc) is 2.44. The van der Waals surface area contributed by atoms with Gasteiger partial charge in [0.25, 0.3) is 0 Å². The van der Waals surface area contributed by atoms with Gasteiger partial charge in [-0.2, -0.15) is 0 Å². The minimum absolute atomic E-state index is 0.0230. The van der Waals surface area contributed by atoms with Crippen LogP contribution in [-0.2, 0) is 10.8 Å². The van der Waals surface area contributed by atoms with Crippen molar-refractivity contribution in [3.8, 4) is 0 Å². The second-order valence-electron chi connectivity index (χ2n) is 3.23. The molecule has 2 nitrogen and oxygen atoms in total. The van der Waals surface area contributed by atoms with E-state index >= 15 is 0 Å². The van der Waals surface area contributed by atoms with Crippen LogP contribution in [0.5, 0.6) is 0 Å². The molecule has 1 aromatic heterocycles. The van der Waals surface area contributed by atoms with E-state index in [2.05, 4.69) is 31.9 Å². The second-order valence-corrected chi connectivity index (χ2v) is 8.98. The number of halogens is 2. The molecule has 0 spiro atoms. The Hall–Kier alpha value is 0.480. The molecule has 1 unspecified atom stereocenters. The van der Waals surface area contributed by atoms with Crippen LogP contribution in [0.2, 0.25) is 0 Å². The van der Waals surface area contributed by atoms with Crippen LogP contribution in [0.4, 0.5) is 0 Å². The van der Waals surface area contributed by atoms with E-state index in [1.54, 1.807) is 6.07 Å². The lowest BCUT2D eigenvalue weighted by Gasteiger charge is -2.03. The lowest BCUT2D eigenvalue weighted by atomic mass is 10.2. The largest absolute Gasteiger partial charge is 0.293 e. The third-order valence-corrected chi connectivity index (χ3v) is 5.69. The van der Waals surface area contributed by atoms with Gasteiger partial charge in [-0.3, -0.25) is 9.00 Å². The average molecular weight is 374 g/mol. The van der Waals surface area contributed by atoms with E-state index in [0.717, 1.165) is 7.57 Å². The molecule has 1 heterocycles. The van der Waals surface area contributed by atoms with Crippen molar-refractivity contribution in [1.29, 1.82) is 0 Å². The second kappa shape index (κ2) is 5.70. The molecule has 0 amide bonds. The minimum atomic E-state index is -1.08. The maximum absolute atomic E-state index is 11.8. The van der Waals surface area contributed by atoms with Gasteiger partial charge in [0.2, 0.25) is 0 Å². The van der Waals surface area contributed by atoms with Crippen LogP contribution in [0, 0.1) is 0 Å². The standard InChI is InChI=1S/C9H10Br2O2S2/c1-5(2)15(13)4-7(12)6-3-8(10)14-9(6)11/h3,5H,4H2,1-2H3. The Morgan fingerprint density at radius 3 is 2.53 bits per heavy atom. The summed E-state index contributed by atoms with van der Waals surface area (Å²) >= 11 is 8.07. The van der Waals surface area contributed by atoms with Crippen LogP contribution in [0.1, 0.15) is 24.2 Å². The van der Waals surface area contributed by atoms with Crippen molar-refractivity contribution in [2.75, 3.05) is 5.75 Å². The number of Topliss-reactive ketones (excluding diaryl/α,β-unsaturated/α-hetero) is 1. The summed E-state index contributed by atoms with van der Waals surface area (Å²) in [5, 5.41) is 0.0230. The van der Waals surface area contributed by atoms with Crippen molar-refractivity contribution < 1.29 is 9.00 Å². The summed E-state index contributed by atoms with van der Waals surface area (Å²) in [5.74, 6) is 0.0234. The Morgan fingerprint density at radius 1 is 1.53 bits per heavy atom. The van der Waals surface area contributed by atoms with Gasteiger partial charge in [-0.1, -0.05) is 13.8 Å². The third kappa shape index (κ3) is 3.76. The fourth-order valence-corrected chi connectivity index (χ4v) is 4.51. The molecule has 1 aromatic rings. The van der Waals surface area contributed by atoms with Crippen LogP contribution >= 0.6 is 43.2 Å². The summed E-state index contributed by atoms with van der Waals surface area (Å²) in [7, 11) is -1.08. The zero-order valence-electron chi connectivity index (χ0n) is 8.25. The molecule has 1 rings (SSSR count).